The molecule has 9 nitrogen and oxygen atoms in total. The monoisotopic (exact) mass is 423 g/mol. The minimum Gasteiger partial charge on any atom is -0.480 e. The van der Waals surface area contributed by atoms with E-state index in [0.29, 0.717) is 24.3 Å². The lowest BCUT2D eigenvalue weighted by Crippen LogP contribution is -2.46. The number of benzene rings is 1. The Morgan fingerprint density at radius 2 is 2.04 bits per heavy atom. The van der Waals surface area contributed by atoms with Crippen LogP contribution < -0.4 is 10.0 Å². The van der Waals surface area contributed by atoms with E-state index in [9.17, 15) is 18.3 Å². The molecule has 3 N–H and O–H groups in total. The summed E-state index contributed by atoms with van der Waals surface area (Å²) < 4.78 is 33.5. The second-order valence-electron chi connectivity index (χ2n) is 6.31. The van der Waals surface area contributed by atoms with Crippen LogP contribution in [0.3, 0.4) is 0 Å². The van der Waals surface area contributed by atoms with Crippen LogP contribution in [0.25, 0.3) is 4.96 Å². The molecular formula is C17H21N5O4S2. The number of hydrogen-bond donors (Lipinski definition) is 2. The number of fused-ring (bicyclic) bond motifs is 1. The summed E-state index contributed by atoms with van der Waals surface area (Å²) >= 11 is 1.00. The minimum absolute atomic E-state index is 0.00411. The number of imidazole rings is 1. The van der Waals surface area contributed by atoms with E-state index in [4.69, 9.17) is 5.73 Å². The van der Waals surface area contributed by atoms with Gasteiger partial charge in [-0.15, -0.1) is 0 Å². The van der Waals surface area contributed by atoms with E-state index < -0.39 is 22.0 Å². The summed E-state index contributed by atoms with van der Waals surface area (Å²) in [7, 11) is -4.17. The Morgan fingerprint density at radius 1 is 1.32 bits per heavy atom. The van der Waals surface area contributed by atoms with Crippen LogP contribution in [-0.2, 0) is 14.8 Å². The van der Waals surface area contributed by atoms with E-state index in [-0.39, 0.29) is 17.3 Å². The average Bonchev–Trinajstić information content (AvgIpc) is 3.25. The summed E-state index contributed by atoms with van der Waals surface area (Å²) in [6, 6.07) is 4.96. The maximum Gasteiger partial charge on any atom is 0.327 e. The number of carboxylic acid groups (broad SMARTS) is 1. The van der Waals surface area contributed by atoms with Gasteiger partial charge < -0.3 is 10.8 Å². The van der Waals surface area contributed by atoms with Crippen molar-refractivity contribution in [2.75, 3.05) is 10.8 Å². The van der Waals surface area contributed by atoms with Crippen LogP contribution in [0, 0.1) is 6.92 Å². The van der Waals surface area contributed by atoms with Crippen molar-refractivity contribution < 1.29 is 18.3 Å². The van der Waals surface area contributed by atoms with Gasteiger partial charge in [-0.25, -0.2) is 22.5 Å². The summed E-state index contributed by atoms with van der Waals surface area (Å²) in [4.78, 5) is 16.6. The number of hydrogen-bond acceptors (Lipinski definition) is 7. The summed E-state index contributed by atoms with van der Waals surface area (Å²) in [6.45, 7) is 2.25. The Kier molecular flexibility index (Phi) is 5.96. The maximum absolute atomic E-state index is 13.5. The third-order valence-electron chi connectivity index (χ3n) is 4.31. The molecule has 2 aromatic heterocycles. The van der Waals surface area contributed by atoms with E-state index in [0.717, 1.165) is 21.4 Å². The van der Waals surface area contributed by atoms with Crippen LogP contribution in [-0.4, -0.2) is 45.8 Å². The van der Waals surface area contributed by atoms with Crippen molar-refractivity contribution in [3.63, 3.8) is 0 Å². The Labute approximate surface area is 166 Å². The Hall–Kier alpha value is -2.50. The van der Waals surface area contributed by atoms with Crippen molar-refractivity contribution in [3.8, 4) is 0 Å². The first-order chi connectivity index (χ1) is 13.4. The number of nitrogens with zero attached hydrogens (tertiary/aromatic N) is 4. The predicted octanol–water partition coefficient (Wildman–Crippen LogP) is 1.88. The maximum atomic E-state index is 13.5. The third-order valence-corrected chi connectivity index (χ3v) is 6.83. The molecule has 11 heteroatoms. The van der Waals surface area contributed by atoms with E-state index in [1.165, 1.54) is 22.7 Å². The molecule has 0 fully saturated rings. The summed E-state index contributed by atoms with van der Waals surface area (Å²) in [5.41, 5.74) is 6.41. The smallest absolute Gasteiger partial charge is 0.327 e. The largest absolute Gasteiger partial charge is 0.480 e. The minimum atomic E-state index is -4.17. The van der Waals surface area contributed by atoms with Gasteiger partial charge in [0.1, 0.15) is 6.04 Å². The lowest BCUT2D eigenvalue weighted by molar-refractivity contribution is -0.138. The normalized spacial score (nSPS) is 12.9. The fourth-order valence-electron chi connectivity index (χ4n) is 2.84. The van der Waals surface area contributed by atoms with Crippen LogP contribution in [0.2, 0.25) is 0 Å². The molecule has 0 bridgehead atoms. The number of aromatic nitrogens is 3. The van der Waals surface area contributed by atoms with Gasteiger partial charge in [0.25, 0.3) is 10.0 Å². The third kappa shape index (κ3) is 3.86. The molecule has 0 spiro atoms. The summed E-state index contributed by atoms with van der Waals surface area (Å²) in [6.07, 6.45) is 4.26. The molecule has 3 aromatic rings. The Balaban J connectivity index is 2.14. The van der Waals surface area contributed by atoms with E-state index in [1.54, 1.807) is 18.3 Å². The van der Waals surface area contributed by atoms with E-state index >= 15 is 0 Å². The van der Waals surface area contributed by atoms with Crippen LogP contribution in [0.15, 0.2) is 41.6 Å². The van der Waals surface area contributed by atoms with Crippen LogP contribution in [0.1, 0.15) is 24.8 Å². The van der Waals surface area contributed by atoms with Gasteiger partial charge in [-0.05, 0) is 44.9 Å². The van der Waals surface area contributed by atoms with Crippen molar-refractivity contribution >= 4 is 38.4 Å². The number of anilines is 1. The highest BCUT2D eigenvalue weighted by Crippen LogP contribution is 2.29. The molecule has 2 heterocycles. The highest BCUT2D eigenvalue weighted by atomic mass is 32.2. The SMILES string of the molecule is Cc1ccc(S(=O)(=O)N(c2nsc3nccn23)C(CCCCN)C(=O)O)cc1. The zero-order valence-corrected chi connectivity index (χ0v) is 16.9. The molecule has 1 atom stereocenters. The van der Waals surface area contributed by atoms with Crippen LogP contribution in [0.4, 0.5) is 5.95 Å². The summed E-state index contributed by atoms with van der Waals surface area (Å²) in [5.74, 6) is -1.23. The highest BCUT2D eigenvalue weighted by molar-refractivity contribution is 7.92. The molecule has 0 aliphatic rings. The molecule has 3 rings (SSSR count). The molecule has 0 aliphatic carbocycles. The van der Waals surface area contributed by atoms with Crippen molar-refractivity contribution in [1.29, 1.82) is 0 Å². The van der Waals surface area contributed by atoms with Crippen molar-refractivity contribution in [1.82, 2.24) is 13.8 Å². The molecule has 0 aliphatic heterocycles. The number of carbonyl (C=O) groups is 1. The zero-order valence-electron chi connectivity index (χ0n) is 15.2. The number of aryl methyl sites for hydroxylation is 1. The number of aliphatic carboxylic acids is 1. The topological polar surface area (TPSA) is 131 Å². The number of unbranched alkanes of at least 4 members (excludes halogenated alkanes) is 1. The molecule has 0 saturated carbocycles. The highest BCUT2D eigenvalue weighted by Gasteiger charge is 2.38. The molecule has 0 amide bonds. The lowest BCUT2D eigenvalue weighted by atomic mass is 10.1. The van der Waals surface area contributed by atoms with Gasteiger partial charge in [-0.1, -0.05) is 17.7 Å². The van der Waals surface area contributed by atoms with E-state index in [1.807, 2.05) is 6.92 Å². The standard InChI is InChI=1S/C17H21N5O4S2/c1-12-5-7-13(8-6-12)28(25,26)22(14(15(23)24)4-2-3-9-18)16-20-27-17-19-10-11-21(16)17/h5-8,10-11,14H,2-4,9,18H2,1H3,(H,23,24). The van der Waals surface area contributed by atoms with Gasteiger partial charge in [-0.2, -0.15) is 4.37 Å². The summed E-state index contributed by atoms with van der Waals surface area (Å²) in [5, 5.41) is 9.83. The van der Waals surface area contributed by atoms with Gasteiger partial charge in [-0.3, -0.25) is 4.40 Å². The number of carboxylic acids is 1. The van der Waals surface area contributed by atoms with E-state index in [2.05, 4.69) is 9.36 Å². The van der Waals surface area contributed by atoms with Gasteiger partial charge in [0.2, 0.25) is 10.9 Å². The molecular weight excluding hydrogens is 402 g/mol. The average molecular weight is 424 g/mol. The second-order valence-corrected chi connectivity index (χ2v) is 8.86. The van der Waals surface area contributed by atoms with Crippen molar-refractivity contribution in [2.24, 2.45) is 5.73 Å². The fourth-order valence-corrected chi connectivity index (χ4v) is 5.15. The number of sulfonamides is 1. The molecule has 150 valence electrons. The Morgan fingerprint density at radius 3 is 2.68 bits per heavy atom. The predicted molar refractivity (Wildman–Crippen MR) is 106 cm³/mol. The first kappa shape index (κ1) is 20.2. The first-order valence-electron chi connectivity index (χ1n) is 8.69. The zero-order chi connectivity index (χ0) is 20.3. The van der Waals surface area contributed by atoms with Gasteiger partial charge >= 0.3 is 5.97 Å². The van der Waals surface area contributed by atoms with Crippen molar-refractivity contribution in [3.05, 3.63) is 42.2 Å². The number of rotatable bonds is 9. The van der Waals surface area contributed by atoms with Crippen LogP contribution in [0.5, 0.6) is 0 Å². The molecule has 0 saturated heterocycles. The first-order valence-corrected chi connectivity index (χ1v) is 10.9. The molecule has 0 radical (unpaired) electrons. The number of nitrogens with two attached hydrogens (primary N) is 1. The molecule has 28 heavy (non-hydrogen) atoms. The molecule has 1 unspecified atom stereocenters. The Bertz CT molecular complexity index is 1060. The van der Waals surface area contributed by atoms with Gasteiger partial charge in [0.15, 0.2) is 0 Å². The van der Waals surface area contributed by atoms with Crippen LogP contribution >= 0.6 is 11.5 Å². The fraction of sp³-hybridized carbons (Fsp3) is 0.353. The molecule has 1 aromatic carbocycles. The van der Waals surface area contributed by atoms with Gasteiger partial charge in [0, 0.05) is 23.9 Å². The quantitative estimate of drug-likeness (QED) is 0.502. The van der Waals surface area contributed by atoms with Gasteiger partial charge in [0.05, 0.1) is 4.90 Å². The lowest BCUT2D eigenvalue weighted by Gasteiger charge is -2.28. The second kappa shape index (κ2) is 8.25. The van der Waals surface area contributed by atoms with Crippen molar-refractivity contribution in [2.45, 2.75) is 37.1 Å².